The van der Waals surface area contributed by atoms with Gasteiger partial charge in [0.25, 0.3) is 0 Å². The molecule has 0 spiro atoms. The summed E-state index contributed by atoms with van der Waals surface area (Å²) in [4.78, 5) is 0.0509. The van der Waals surface area contributed by atoms with Gasteiger partial charge in [-0.3, -0.25) is 0 Å². The minimum absolute atomic E-state index is 0.0509. The van der Waals surface area contributed by atoms with Gasteiger partial charge in [-0.1, -0.05) is 46.3 Å². The second-order valence-electron chi connectivity index (χ2n) is 5.01. The van der Waals surface area contributed by atoms with E-state index in [1.807, 2.05) is 12.1 Å². The van der Waals surface area contributed by atoms with Crippen molar-refractivity contribution < 1.29 is 8.78 Å². The Kier molecular flexibility index (Phi) is 3.40. The van der Waals surface area contributed by atoms with Crippen molar-refractivity contribution in [3.8, 4) is 0 Å². The maximum atomic E-state index is 13.3. The molecule has 0 amide bonds. The molecule has 2 aromatic carbocycles. The molecule has 1 aliphatic rings. The lowest BCUT2D eigenvalue weighted by molar-refractivity contribution is 0.501. The molecule has 3 rings (SSSR count). The van der Waals surface area contributed by atoms with Crippen molar-refractivity contribution in [2.75, 3.05) is 0 Å². The molecule has 0 nitrogen and oxygen atoms in total. The highest BCUT2D eigenvalue weighted by Gasteiger charge is 2.28. The molecule has 19 heavy (non-hydrogen) atoms. The lowest BCUT2D eigenvalue weighted by atomic mass is 9.96. The molecule has 2 aromatic rings. The van der Waals surface area contributed by atoms with Gasteiger partial charge >= 0.3 is 0 Å². The molecule has 0 radical (unpaired) electrons. The molecule has 3 heteroatoms. The van der Waals surface area contributed by atoms with Crippen LogP contribution in [0.5, 0.6) is 0 Å². The molecule has 1 aliphatic carbocycles. The molecule has 0 fully saturated rings. The van der Waals surface area contributed by atoms with Crippen LogP contribution in [0.25, 0.3) is 0 Å². The van der Waals surface area contributed by atoms with E-state index in [1.54, 1.807) is 6.07 Å². The van der Waals surface area contributed by atoms with Crippen LogP contribution in [0.3, 0.4) is 0 Å². The van der Waals surface area contributed by atoms with Crippen molar-refractivity contribution in [1.82, 2.24) is 0 Å². The zero-order valence-corrected chi connectivity index (χ0v) is 11.8. The summed E-state index contributed by atoms with van der Waals surface area (Å²) in [6.45, 7) is 0. The maximum absolute atomic E-state index is 13.3. The van der Waals surface area contributed by atoms with E-state index in [-0.39, 0.29) is 4.83 Å². The summed E-state index contributed by atoms with van der Waals surface area (Å²) in [6, 6.07) is 12.5. The molecule has 0 N–H and O–H groups in total. The summed E-state index contributed by atoms with van der Waals surface area (Å²) >= 11 is 3.64. The average Bonchev–Trinajstić information content (AvgIpc) is 2.85. The molecule has 0 saturated carbocycles. The van der Waals surface area contributed by atoms with Crippen LogP contribution in [0, 0.1) is 17.6 Å². The quantitative estimate of drug-likeness (QED) is 0.696. The van der Waals surface area contributed by atoms with Gasteiger partial charge in [0.1, 0.15) is 0 Å². The average molecular weight is 323 g/mol. The van der Waals surface area contributed by atoms with Crippen molar-refractivity contribution in [3.05, 3.63) is 70.8 Å². The van der Waals surface area contributed by atoms with E-state index in [4.69, 9.17) is 0 Å². The van der Waals surface area contributed by atoms with E-state index in [2.05, 4.69) is 28.1 Å². The summed E-state index contributed by atoms with van der Waals surface area (Å²) in [5.41, 5.74) is 3.52. The monoisotopic (exact) mass is 322 g/mol. The Morgan fingerprint density at radius 2 is 1.58 bits per heavy atom. The predicted octanol–water partition coefficient (Wildman–Crippen LogP) is 4.82. The predicted molar refractivity (Wildman–Crippen MR) is 75.4 cm³/mol. The number of hydrogen-bond donors (Lipinski definition) is 0. The highest BCUT2D eigenvalue weighted by atomic mass is 79.9. The molecular formula is C16H13BrF2. The van der Waals surface area contributed by atoms with E-state index in [1.165, 1.54) is 23.3 Å². The Morgan fingerprint density at radius 1 is 0.947 bits per heavy atom. The van der Waals surface area contributed by atoms with E-state index < -0.39 is 11.6 Å². The van der Waals surface area contributed by atoms with Crippen molar-refractivity contribution in [1.29, 1.82) is 0 Å². The summed E-state index contributed by atoms with van der Waals surface area (Å²) in [7, 11) is 0. The highest BCUT2D eigenvalue weighted by Crippen LogP contribution is 2.40. The second-order valence-corrected chi connectivity index (χ2v) is 6.00. The van der Waals surface area contributed by atoms with E-state index in [0.29, 0.717) is 5.92 Å². The lowest BCUT2D eigenvalue weighted by Gasteiger charge is -2.17. The first-order valence-corrected chi connectivity index (χ1v) is 7.22. The Labute approximate surface area is 119 Å². The topological polar surface area (TPSA) is 0 Å². The van der Waals surface area contributed by atoms with Crippen molar-refractivity contribution in [2.24, 2.45) is 5.92 Å². The second kappa shape index (κ2) is 5.04. The molecule has 0 aromatic heterocycles. The third kappa shape index (κ3) is 2.44. The van der Waals surface area contributed by atoms with Gasteiger partial charge in [-0.15, -0.1) is 0 Å². The Bertz CT molecular complexity index is 584. The largest absolute Gasteiger partial charge is 0.204 e. The van der Waals surface area contributed by atoms with E-state index >= 15 is 0 Å². The molecule has 0 aliphatic heterocycles. The number of benzene rings is 2. The van der Waals surface area contributed by atoms with Crippen LogP contribution in [0.4, 0.5) is 8.78 Å². The SMILES string of the molecule is Fc1ccc(C(Br)C2Cc3ccccc3C2)cc1F. The zero-order valence-electron chi connectivity index (χ0n) is 10.2. The molecule has 98 valence electrons. The minimum Gasteiger partial charge on any atom is -0.204 e. The first-order chi connectivity index (χ1) is 9.15. The number of alkyl halides is 1. The summed E-state index contributed by atoms with van der Waals surface area (Å²) < 4.78 is 26.3. The van der Waals surface area contributed by atoms with Gasteiger partial charge in [-0.2, -0.15) is 0 Å². The molecule has 1 atom stereocenters. The van der Waals surface area contributed by atoms with Crippen LogP contribution in [-0.2, 0) is 12.8 Å². The zero-order chi connectivity index (χ0) is 13.4. The lowest BCUT2D eigenvalue weighted by Crippen LogP contribution is -2.08. The van der Waals surface area contributed by atoms with Crippen LogP contribution in [0.2, 0.25) is 0 Å². The summed E-state index contributed by atoms with van der Waals surface area (Å²) in [5.74, 6) is -1.18. The van der Waals surface area contributed by atoms with Crippen molar-refractivity contribution in [3.63, 3.8) is 0 Å². The standard InChI is InChI=1S/C16H13BrF2/c17-16(12-5-6-14(18)15(19)9-12)13-7-10-3-1-2-4-11(10)8-13/h1-6,9,13,16H,7-8H2. The minimum atomic E-state index is -0.793. The van der Waals surface area contributed by atoms with Crippen LogP contribution in [0.15, 0.2) is 42.5 Å². The van der Waals surface area contributed by atoms with Crippen LogP contribution >= 0.6 is 15.9 Å². The van der Waals surface area contributed by atoms with E-state index in [0.717, 1.165) is 18.4 Å². The van der Waals surface area contributed by atoms with Crippen molar-refractivity contribution >= 4 is 15.9 Å². The molecule has 0 bridgehead atoms. The molecule has 1 unspecified atom stereocenters. The van der Waals surface area contributed by atoms with Crippen LogP contribution < -0.4 is 0 Å². The molecule has 0 saturated heterocycles. The van der Waals surface area contributed by atoms with Crippen LogP contribution in [-0.4, -0.2) is 0 Å². The van der Waals surface area contributed by atoms with Crippen molar-refractivity contribution in [2.45, 2.75) is 17.7 Å². The molecule has 0 heterocycles. The Morgan fingerprint density at radius 3 is 2.16 bits per heavy atom. The van der Waals surface area contributed by atoms with Gasteiger partial charge in [0.05, 0.1) is 0 Å². The fraction of sp³-hybridized carbons (Fsp3) is 0.250. The van der Waals surface area contributed by atoms with Gasteiger partial charge in [0, 0.05) is 4.83 Å². The molecular weight excluding hydrogens is 310 g/mol. The van der Waals surface area contributed by atoms with Gasteiger partial charge in [-0.25, -0.2) is 8.78 Å². The fourth-order valence-corrected chi connectivity index (χ4v) is 3.41. The first-order valence-electron chi connectivity index (χ1n) is 6.31. The number of hydrogen-bond acceptors (Lipinski definition) is 0. The number of rotatable bonds is 2. The van der Waals surface area contributed by atoms with Crippen LogP contribution in [0.1, 0.15) is 21.5 Å². The normalized spacial score (nSPS) is 16.4. The highest BCUT2D eigenvalue weighted by molar-refractivity contribution is 9.09. The van der Waals surface area contributed by atoms with Gasteiger partial charge < -0.3 is 0 Å². The smallest absolute Gasteiger partial charge is 0.159 e. The number of fused-ring (bicyclic) bond motifs is 1. The van der Waals surface area contributed by atoms with Gasteiger partial charge in [0.15, 0.2) is 11.6 Å². The maximum Gasteiger partial charge on any atom is 0.159 e. The van der Waals surface area contributed by atoms with Gasteiger partial charge in [-0.05, 0) is 47.6 Å². The Balaban J connectivity index is 1.82. The third-order valence-corrected chi connectivity index (χ3v) is 5.03. The fourth-order valence-electron chi connectivity index (χ4n) is 2.76. The summed E-state index contributed by atoms with van der Waals surface area (Å²) in [6.07, 6.45) is 1.95. The Hall–Kier alpha value is -1.22. The summed E-state index contributed by atoms with van der Waals surface area (Å²) in [5, 5.41) is 0. The number of halogens is 3. The van der Waals surface area contributed by atoms with Gasteiger partial charge in [0.2, 0.25) is 0 Å². The third-order valence-electron chi connectivity index (χ3n) is 3.76. The van der Waals surface area contributed by atoms with E-state index in [9.17, 15) is 8.78 Å². The first kappa shape index (κ1) is 12.8.